The average Bonchev–Trinajstić information content (AvgIpc) is 2.20. The number of carboxylic acids is 1. The first kappa shape index (κ1) is 15.0. The highest BCUT2D eigenvalue weighted by atomic mass is 79.9. The van der Waals surface area contributed by atoms with Crippen LogP contribution in [0.5, 0.6) is 0 Å². The van der Waals surface area contributed by atoms with Crippen molar-refractivity contribution in [3.8, 4) is 0 Å². The van der Waals surface area contributed by atoms with Gasteiger partial charge in [0.1, 0.15) is 5.82 Å². The Kier molecular flexibility index (Phi) is 4.10. The summed E-state index contributed by atoms with van der Waals surface area (Å²) in [6.45, 7) is 2.45. The fourth-order valence-electron chi connectivity index (χ4n) is 1.46. The highest BCUT2D eigenvalue weighted by Gasteiger charge is 2.42. The van der Waals surface area contributed by atoms with Gasteiger partial charge in [0.15, 0.2) is 0 Å². The molecule has 2 nitrogen and oxygen atoms in total. The minimum atomic E-state index is -3.34. The maximum absolute atomic E-state index is 13.9. The molecule has 1 N–H and O–H groups in total. The van der Waals surface area contributed by atoms with Crippen LogP contribution in [-0.2, 0) is 10.7 Å². The lowest BCUT2D eigenvalue weighted by molar-refractivity contribution is -0.153. The molecule has 0 aliphatic carbocycles. The predicted octanol–water partition coefficient (Wildman–Crippen LogP) is 4.18. The molecular formula is C12H12BrF3O2. The molecule has 0 atom stereocenters. The zero-order chi connectivity index (χ0) is 14.1. The van der Waals surface area contributed by atoms with Gasteiger partial charge in [0.25, 0.3) is 5.92 Å². The van der Waals surface area contributed by atoms with Gasteiger partial charge in [0, 0.05) is 12.0 Å². The smallest absolute Gasteiger partial charge is 0.309 e. The number of rotatable bonds is 4. The van der Waals surface area contributed by atoms with Crippen molar-refractivity contribution in [3.05, 3.63) is 34.1 Å². The first-order valence-electron chi connectivity index (χ1n) is 5.13. The monoisotopic (exact) mass is 324 g/mol. The van der Waals surface area contributed by atoms with E-state index in [0.717, 1.165) is 18.2 Å². The van der Waals surface area contributed by atoms with Crippen molar-refractivity contribution in [3.63, 3.8) is 0 Å². The van der Waals surface area contributed by atoms with E-state index in [0.29, 0.717) is 0 Å². The van der Waals surface area contributed by atoms with Crippen molar-refractivity contribution in [2.75, 3.05) is 0 Å². The molecule has 0 aromatic heterocycles. The SMILES string of the molecule is CC(C)(CC(F)(F)c1ccc(F)c(Br)c1)C(=O)O. The molecule has 0 saturated heterocycles. The summed E-state index contributed by atoms with van der Waals surface area (Å²) in [5, 5.41) is 8.85. The lowest BCUT2D eigenvalue weighted by Gasteiger charge is -2.26. The normalized spacial score (nSPS) is 12.6. The van der Waals surface area contributed by atoms with Gasteiger partial charge in [0.05, 0.1) is 9.89 Å². The molecule has 0 fully saturated rings. The van der Waals surface area contributed by atoms with E-state index in [1.165, 1.54) is 13.8 Å². The van der Waals surface area contributed by atoms with Crippen LogP contribution in [-0.4, -0.2) is 11.1 Å². The Morgan fingerprint density at radius 2 is 1.94 bits per heavy atom. The fourth-order valence-corrected chi connectivity index (χ4v) is 1.84. The van der Waals surface area contributed by atoms with Crippen LogP contribution < -0.4 is 0 Å². The molecule has 0 radical (unpaired) electrons. The second kappa shape index (κ2) is 4.91. The summed E-state index contributed by atoms with van der Waals surface area (Å²) in [7, 11) is 0. The molecule has 0 amide bonds. The van der Waals surface area contributed by atoms with Gasteiger partial charge >= 0.3 is 5.97 Å². The molecule has 0 spiro atoms. The van der Waals surface area contributed by atoms with Gasteiger partial charge in [-0.25, -0.2) is 13.2 Å². The summed E-state index contributed by atoms with van der Waals surface area (Å²) in [4.78, 5) is 10.8. The standard InChI is InChI=1S/C12H12BrF3O2/c1-11(2,10(17)18)6-12(15,16)7-3-4-9(14)8(13)5-7/h3-5H,6H2,1-2H3,(H,17,18). The number of alkyl halides is 2. The van der Waals surface area contributed by atoms with E-state index in [9.17, 15) is 18.0 Å². The lowest BCUT2D eigenvalue weighted by atomic mass is 9.84. The highest BCUT2D eigenvalue weighted by molar-refractivity contribution is 9.10. The van der Waals surface area contributed by atoms with Gasteiger partial charge in [-0.1, -0.05) is 6.07 Å². The maximum atomic E-state index is 13.9. The maximum Gasteiger partial charge on any atom is 0.309 e. The summed E-state index contributed by atoms with van der Waals surface area (Å²) in [5.74, 6) is -5.28. The summed E-state index contributed by atoms with van der Waals surface area (Å²) < 4.78 is 40.7. The molecule has 1 aromatic rings. The first-order valence-corrected chi connectivity index (χ1v) is 5.92. The van der Waals surface area contributed by atoms with Gasteiger partial charge in [-0.15, -0.1) is 0 Å². The number of benzene rings is 1. The van der Waals surface area contributed by atoms with Crippen molar-refractivity contribution in [2.24, 2.45) is 5.41 Å². The third kappa shape index (κ3) is 3.25. The number of carboxylic acid groups (broad SMARTS) is 1. The highest BCUT2D eigenvalue weighted by Crippen LogP contribution is 2.40. The van der Waals surface area contributed by atoms with E-state index in [4.69, 9.17) is 5.11 Å². The molecule has 0 aliphatic rings. The molecule has 100 valence electrons. The summed E-state index contributed by atoms with van der Waals surface area (Å²) in [5.41, 5.74) is -1.98. The van der Waals surface area contributed by atoms with Crippen LogP contribution >= 0.6 is 15.9 Å². The van der Waals surface area contributed by atoms with Crippen LogP contribution in [0.15, 0.2) is 22.7 Å². The van der Waals surface area contributed by atoms with Crippen LogP contribution in [0.1, 0.15) is 25.8 Å². The Morgan fingerprint density at radius 1 is 1.39 bits per heavy atom. The number of hydrogen-bond donors (Lipinski definition) is 1. The second-order valence-corrected chi connectivity index (χ2v) is 5.55. The first-order chi connectivity index (χ1) is 8.06. The van der Waals surface area contributed by atoms with Gasteiger partial charge in [-0.2, -0.15) is 0 Å². The number of aliphatic carboxylic acids is 1. The molecule has 0 bridgehead atoms. The largest absolute Gasteiger partial charge is 0.481 e. The van der Waals surface area contributed by atoms with E-state index >= 15 is 0 Å². The van der Waals surface area contributed by atoms with Crippen LogP contribution in [0.2, 0.25) is 0 Å². The van der Waals surface area contributed by atoms with E-state index in [2.05, 4.69) is 15.9 Å². The summed E-state index contributed by atoms with van der Waals surface area (Å²) in [6, 6.07) is 2.84. The number of hydrogen-bond acceptors (Lipinski definition) is 1. The van der Waals surface area contributed by atoms with Crippen LogP contribution in [0, 0.1) is 11.2 Å². The van der Waals surface area contributed by atoms with Crippen LogP contribution in [0.25, 0.3) is 0 Å². The third-order valence-electron chi connectivity index (χ3n) is 2.58. The van der Waals surface area contributed by atoms with E-state index < -0.39 is 35.1 Å². The Labute approximate surface area is 111 Å². The lowest BCUT2D eigenvalue weighted by Crippen LogP contribution is -2.31. The van der Waals surface area contributed by atoms with Crippen molar-refractivity contribution in [1.29, 1.82) is 0 Å². The summed E-state index contributed by atoms with van der Waals surface area (Å²) >= 11 is 2.82. The molecule has 1 rings (SSSR count). The Morgan fingerprint density at radius 3 is 2.39 bits per heavy atom. The Balaban J connectivity index is 3.06. The topological polar surface area (TPSA) is 37.3 Å². The number of carbonyl (C=O) groups is 1. The van der Waals surface area contributed by atoms with Crippen LogP contribution in [0.4, 0.5) is 13.2 Å². The van der Waals surface area contributed by atoms with Crippen molar-refractivity contribution in [2.45, 2.75) is 26.2 Å². The van der Waals surface area contributed by atoms with E-state index in [-0.39, 0.29) is 4.47 Å². The zero-order valence-electron chi connectivity index (χ0n) is 9.81. The molecule has 6 heteroatoms. The minimum Gasteiger partial charge on any atom is -0.481 e. The van der Waals surface area contributed by atoms with Crippen molar-refractivity contribution in [1.82, 2.24) is 0 Å². The van der Waals surface area contributed by atoms with Crippen molar-refractivity contribution < 1.29 is 23.1 Å². The van der Waals surface area contributed by atoms with Crippen LogP contribution in [0.3, 0.4) is 0 Å². The predicted molar refractivity (Wildman–Crippen MR) is 64.0 cm³/mol. The average molecular weight is 325 g/mol. The minimum absolute atomic E-state index is 0.0761. The zero-order valence-corrected chi connectivity index (χ0v) is 11.4. The molecule has 0 saturated carbocycles. The molecule has 1 aromatic carbocycles. The van der Waals surface area contributed by atoms with Gasteiger partial charge in [-0.3, -0.25) is 4.79 Å². The van der Waals surface area contributed by atoms with Gasteiger partial charge in [-0.05, 0) is 41.9 Å². The van der Waals surface area contributed by atoms with Crippen molar-refractivity contribution >= 4 is 21.9 Å². The second-order valence-electron chi connectivity index (χ2n) is 4.70. The van der Waals surface area contributed by atoms with E-state index in [1.54, 1.807) is 0 Å². The quantitative estimate of drug-likeness (QED) is 0.902. The van der Waals surface area contributed by atoms with E-state index in [1.807, 2.05) is 0 Å². The molecule has 0 unspecified atom stereocenters. The summed E-state index contributed by atoms with van der Waals surface area (Å²) in [6.07, 6.45) is -0.854. The molecule has 18 heavy (non-hydrogen) atoms. The molecular weight excluding hydrogens is 313 g/mol. The van der Waals surface area contributed by atoms with Gasteiger partial charge in [0.2, 0.25) is 0 Å². The fraction of sp³-hybridized carbons (Fsp3) is 0.417. The molecule has 0 aliphatic heterocycles. The third-order valence-corrected chi connectivity index (χ3v) is 3.19. The Bertz CT molecular complexity index is 472. The Hall–Kier alpha value is -1.04. The van der Waals surface area contributed by atoms with Gasteiger partial charge < -0.3 is 5.11 Å². The number of halogens is 4. The molecule has 0 heterocycles.